The van der Waals surface area contributed by atoms with Crippen LogP contribution in [-0.2, 0) is 0 Å². The molecule has 0 radical (unpaired) electrons. The first kappa shape index (κ1) is 11.0. The maximum absolute atomic E-state index is 9.02. The van der Waals surface area contributed by atoms with Gasteiger partial charge in [0.05, 0.1) is 18.6 Å². The Labute approximate surface area is 96.0 Å². The summed E-state index contributed by atoms with van der Waals surface area (Å²) in [5.74, 6) is 1.31. The van der Waals surface area contributed by atoms with E-state index in [4.69, 9.17) is 10.00 Å². The molecule has 0 unspecified atom stereocenters. The van der Waals surface area contributed by atoms with Gasteiger partial charge < -0.3 is 10.1 Å². The molecule has 0 saturated carbocycles. The second-order valence-corrected chi connectivity index (χ2v) is 4.00. The van der Waals surface area contributed by atoms with Crippen LogP contribution in [0.15, 0.2) is 24.3 Å². The van der Waals surface area contributed by atoms with Crippen molar-refractivity contribution in [3.63, 3.8) is 0 Å². The van der Waals surface area contributed by atoms with Gasteiger partial charge in [0.1, 0.15) is 5.75 Å². The predicted octanol–water partition coefficient (Wildman–Crippen LogP) is 1.91. The lowest BCUT2D eigenvalue weighted by Crippen LogP contribution is -2.08. The number of ether oxygens (including phenoxy) is 1. The van der Waals surface area contributed by atoms with Crippen molar-refractivity contribution in [1.82, 2.24) is 5.32 Å². The SMILES string of the molecule is CCOc1ccc([C@H]2CNC[C@@H]2C#N)cc1. The third-order valence-corrected chi connectivity index (χ3v) is 3.00. The summed E-state index contributed by atoms with van der Waals surface area (Å²) >= 11 is 0. The van der Waals surface area contributed by atoms with Crippen LogP contribution in [0.4, 0.5) is 0 Å². The monoisotopic (exact) mass is 216 g/mol. The van der Waals surface area contributed by atoms with Crippen LogP contribution in [0.2, 0.25) is 0 Å². The van der Waals surface area contributed by atoms with Crippen LogP contribution in [0.25, 0.3) is 0 Å². The molecular formula is C13H16N2O. The first-order valence-corrected chi connectivity index (χ1v) is 5.68. The van der Waals surface area contributed by atoms with Crippen LogP contribution in [0.1, 0.15) is 18.4 Å². The molecule has 0 aliphatic carbocycles. The smallest absolute Gasteiger partial charge is 0.119 e. The fourth-order valence-corrected chi connectivity index (χ4v) is 2.14. The summed E-state index contributed by atoms with van der Waals surface area (Å²) in [4.78, 5) is 0. The molecule has 1 aromatic rings. The Hall–Kier alpha value is -1.53. The molecule has 1 saturated heterocycles. The van der Waals surface area contributed by atoms with Crippen molar-refractivity contribution in [2.24, 2.45) is 5.92 Å². The minimum absolute atomic E-state index is 0.0953. The average molecular weight is 216 g/mol. The Morgan fingerprint density at radius 1 is 1.38 bits per heavy atom. The molecule has 1 N–H and O–H groups in total. The van der Waals surface area contributed by atoms with Crippen molar-refractivity contribution in [2.75, 3.05) is 19.7 Å². The highest BCUT2D eigenvalue weighted by molar-refractivity contribution is 5.31. The highest BCUT2D eigenvalue weighted by Crippen LogP contribution is 2.28. The van der Waals surface area contributed by atoms with E-state index in [-0.39, 0.29) is 5.92 Å². The molecule has 2 atom stereocenters. The topological polar surface area (TPSA) is 45.0 Å². The Morgan fingerprint density at radius 3 is 2.75 bits per heavy atom. The summed E-state index contributed by atoms with van der Waals surface area (Å²) in [6, 6.07) is 10.4. The van der Waals surface area contributed by atoms with E-state index in [1.54, 1.807) is 0 Å². The third kappa shape index (κ3) is 2.17. The first-order chi connectivity index (χ1) is 7.85. The average Bonchev–Trinajstić information content (AvgIpc) is 2.78. The fraction of sp³-hybridized carbons (Fsp3) is 0.462. The summed E-state index contributed by atoms with van der Waals surface area (Å²) < 4.78 is 5.40. The molecule has 3 nitrogen and oxygen atoms in total. The summed E-state index contributed by atoms with van der Waals surface area (Å²) in [5.41, 5.74) is 1.22. The van der Waals surface area contributed by atoms with Gasteiger partial charge in [-0.2, -0.15) is 5.26 Å². The zero-order valence-corrected chi connectivity index (χ0v) is 9.44. The highest BCUT2D eigenvalue weighted by atomic mass is 16.5. The van der Waals surface area contributed by atoms with E-state index in [0.717, 1.165) is 18.8 Å². The van der Waals surface area contributed by atoms with Gasteiger partial charge in [-0.25, -0.2) is 0 Å². The number of nitrogens with zero attached hydrogens (tertiary/aromatic N) is 1. The number of benzene rings is 1. The van der Waals surface area contributed by atoms with E-state index < -0.39 is 0 Å². The molecule has 0 bridgehead atoms. The lowest BCUT2D eigenvalue weighted by atomic mass is 9.90. The maximum Gasteiger partial charge on any atom is 0.119 e. The van der Waals surface area contributed by atoms with Crippen molar-refractivity contribution in [3.05, 3.63) is 29.8 Å². The van der Waals surface area contributed by atoms with Gasteiger partial charge in [-0.3, -0.25) is 0 Å². The summed E-state index contributed by atoms with van der Waals surface area (Å²) in [6.07, 6.45) is 0. The largest absolute Gasteiger partial charge is 0.494 e. The Kier molecular flexibility index (Phi) is 3.43. The number of nitrogens with one attached hydrogen (secondary N) is 1. The number of hydrogen-bond acceptors (Lipinski definition) is 3. The van der Waals surface area contributed by atoms with E-state index in [1.165, 1.54) is 5.56 Å². The maximum atomic E-state index is 9.02. The van der Waals surface area contributed by atoms with Gasteiger partial charge in [0.2, 0.25) is 0 Å². The van der Waals surface area contributed by atoms with Gasteiger partial charge in [0, 0.05) is 19.0 Å². The first-order valence-electron chi connectivity index (χ1n) is 5.68. The van der Waals surface area contributed by atoms with E-state index in [0.29, 0.717) is 12.5 Å². The van der Waals surface area contributed by atoms with Gasteiger partial charge in [-0.1, -0.05) is 12.1 Å². The molecular weight excluding hydrogens is 200 g/mol. The molecule has 1 fully saturated rings. The van der Waals surface area contributed by atoms with E-state index in [1.807, 2.05) is 19.1 Å². The Morgan fingerprint density at radius 2 is 2.12 bits per heavy atom. The molecule has 1 heterocycles. The quantitative estimate of drug-likeness (QED) is 0.839. The molecule has 3 heteroatoms. The van der Waals surface area contributed by atoms with Gasteiger partial charge in [-0.05, 0) is 24.6 Å². The fourth-order valence-electron chi connectivity index (χ4n) is 2.14. The van der Waals surface area contributed by atoms with Crippen LogP contribution in [0.5, 0.6) is 5.75 Å². The minimum Gasteiger partial charge on any atom is -0.494 e. The number of nitriles is 1. The van der Waals surface area contributed by atoms with Crippen molar-refractivity contribution < 1.29 is 4.74 Å². The molecule has 1 aliphatic rings. The van der Waals surface area contributed by atoms with Crippen molar-refractivity contribution in [3.8, 4) is 11.8 Å². The molecule has 0 aromatic heterocycles. The van der Waals surface area contributed by atoms with Gasteiger partial charge in [0.25, 0.3) is 0 Å². The zero-order valence-electron chi connectivity index (χ0n) is 9.44. The molecule has 16 heavy (non-hydrogen) atoms. The number of hydrogen-bond donors (Lipinski definition) is 1. The second kappa shape index (κ2) is 5.00. The molecule has 2 rings (SSSR count). The van der Waals surface area contributed by atoms with Crippen LogP contribution >= 0.6 is 0 Å². The standard InChI is InChI=1S/C13H16N2O/c1-2-16-12-5-3-10(4-6-12)13-9-15-8-11(13)7-14/h3-6,11,13,15H,2,8-9H2,1H3/t11-,13+/m0/s1. The highest BCUT2D eigenvalue weighted by Gasteiger charge is 2.27. The van der Waals surface area contributed by atoms with Crippen LogP contribution < -0.4 is 10.1 Å². The second-order valence-electron chi connectivity index (χ2n) is 4.00. The lowest BCUT2D eigenvalue weighted by Gasteiger charge is -2.13. The van der Waals surface area contributed by atoms with E-state index in [2.05, 4.69) is 23.5 Å². The number of rotatable bonds is 3. The molecule has 1 aliphatic heterocycles. The van der Waals surface area contributed by atoms with Crippen molar-refractivity contribution in [2.45, 2.75) is 12.8 Å². The Balaban J connectivity index is 2.12. The molecule has 0 spiro atoms. The summed E-state index contributed by atoms with van der Waals surface area (Å²) in [5, 5.41) is 12.3. The minimum atomic E-state index is 0.0953. The van der Waals surface area contributed by atoms with Crippen LogP contribution in [0.3, 0.4) is 0 Å². The van der Waals surface area contributed by atoms with Crippen molar-refractivity contribution in [1.29, 1.82) is 5.26 Å². The summed E-state index contributed by atoms with van der Waals surface area (Å²) in [7, 11) is 0. The third-order valence-electron chi connectivity index (χ3n) is 3.00. The van der Waals surface area contributed by atoms with Crippen molar-refractivity contribution >= 4 is 0 Å². The van der Waals surface area contributed by atoms with Crippen LogP contribution in [-0.4, -0.2) is 19.7 Å². The Bertz CT molecular complexity index is 380. The molecule has 0 amide bonds. The van der Waals surface area contributed by atoms with E-state index >= 15 is 0 Å². The van der Waals surface area contributed by atoms with Gasteiger partial charge >= 0.3 is 0 Å². The van der Waals surface area contributed by atoms with Gasteiger partial charge in [-0.15, -0.1) is 0 Å². The molecule has 84 valence electrons. The normalized spacial score (nSPS) is 24.0. The zero-order chi connectivity index (χ0) is 11.4. The lowest BCUT2D eigenvalue weighted by molar-refractivity contribution is 0.340. The van der Waals surface area contributed by atoms with E-state index in [9.17, 15) is 0 Å². The van der Waals surface area contributed by atoms with Crippen LogP contribution in [0, 0.1) is 17.2 Å². The predicted molar refractivity (Wildman–Crippen MR) is 62.3 cm³/mol. The van der Waals surface area contributed by atoms with Gasteiger partial charge in [0.15, 0.2) is 0 Å². The summed E-state index contributed by atoms with van der Waals surface area (Å²) in [6.45, 7) is 4.35. The molecule has 1 aromatic carbocycles.